The Morgan fingerprint density at radius 1 is 0.760 bits per heavy atom. The third kappa shape index (κ3) is 10.0. The van der Waals surface area contributed by atoms with E-state index in [4.69, 9.17) is 15.9 Å². The number of benzene rings is 4. The van der Waals surface area contributed by atoms with Crippen LogP contribution in [0.25, 0.3) is 22.4 Å². The first-order valence-electron chi connectivity index (χ1n) is 15.0. The van der Waals surface area contributed by atoms with Crippen molar-refractivity contribution in [3.8, 4) is 51.4 Å². The Morgan fingerprint density at radius 2 is 1.46 bits per heavy atom. The standard InChI is InChI=1S/C35H26N4O2.C6H4N.2Pt/c1-37(2)29-22-30(39-18-17-38(3)25-39)24-34(23-29)41-33-14-8-10-28(20-33)35-21-27(15-16-36-35)26-9-7-13-32(19-26)40-31-11-5-4-6-12-31;1-2-7-5-3-4-6-7;;/h4-11,13-14,16-18,21-23,25H,1-3H3;3-6H;;/q-6;-1;;+4. The monoisotopic (exact) mass is 1010 g/mol. The van der Waals surface area contributed by atoms with Gasteiger partial charge in [0.1, 0.15) is 0 Å². The molecule has 9 heteroatoms. The first kappa shape index (κ1) is 37.8. The van der Waals surface area contributed by atoms with Crippen LogP contribution in [0.5, 0.6) is 23.0 Å². The van der Waals surface area contributed by atoms with Crippen molar-refractivity contribution in [3.05, 3.63) is 165 Å². The van der Waals surface area contributed by atoms with Crippen LogP contribution in [0.4, 0.5) is 11.4 Å². The van der Waals surface area contributed by atoms with Crippen molar-refractivity contribution in [1.29, 1.82) is 0 Å². The summed E-state index contributed by atoms with van der Waals surface area (Å²) in [4.78, 5) is 10.6. The third-order valence-corrected chi connectivity index (χ3v) is 7.04. The number of nitrogens with zero attached hydrogens (tertiary/aromatic N) is 5. The number of hydrogen-bond acceptors (Lipinski definition) is 6. The zero-order chi connectivity index (χ0) is 33.3. The molecule has 0 aliphatic carbocycles. The molecule has 0 fully saturated rings. The molecular weight excluding hydrogens is 985 g/mol. The fraction of sp³-hybridized carbons (Fsp3) is 0.0732. The smallest absolute Gasteiger partial charge is 0.669 e. The van der Waals surface area contributed by atoms with Gasteiger partial charge in [-0.2, -0.15) is 37.0 Å². The molecule has 6 aromatic rings. The van der Waals surface area contributed by atoms with Gasteiger partial charge in [-0.3, -0.25) is 11.1 Å². The van der Waals surface area contributed by atoms with E-state index in [0.717, 1.165) is 33.8 Å². The van der Waals surface area contributed by atoms with Gasteiger partial charge in [-0.1, -0.05) is 29.3 Å². The van der Waals surface area contributed by atoms with E-state index in [1.807, 2.05) is 140 Å². The molecule has 0 saturated heterocycles. The van der Waals surface area contributed by atoms with E-state index >= 15 is 0 Å². The molecule has 0 saturated carbocycles. The normalized spacial score (nSPS) is 11.3. The second-order valence-electron chi connectivity index (χ2n) is 10.8. The van der Waals surface area contributed by atoms with Crippen LogP contribution in [0.1, 0.15) is 0 Å². The predicted molar refractivity (Wildman–Crippen MR) is 187 cm³/mol. The zero-order valence-corrected chi connectivity index (χ0v) is 31.9. The molecule has 4 aromatic carbocycles. The molecule has 3 heterocycles. The molecule has 0 bridgehead atoms. The van der Waals surface area contributed by atoms with Crippen molar-refractivity contribution in [1.82, 2.24) is 14.5 Å². The maximum absolute atomic E-state index is 6.57. The Morgan fingerprint density at radius 3 is 2.10 bits per heavy atom. The first-order chi connectivity index (χ1) is 23.4. The average molecular weight is 1010 g/mol. The van der Waals surface area contributed by atoms with Gasteiger partial charge in [-0.25, -0.2) is 24.2 Å². The SMILES string of the molecule is CN1C=CN(c2[c-]c(Oc3[c-]c(-c4cc(-c5[c-]c(Oc6[c-]cccc6)ccc5)[c-]cn4)ccc3)cc(N(C)C)c2)[CH-]1.[C-]#Cn1cccc1.[Pt+4].[Pt]. The molecule has 0 amide bonds. The largest absolute Gasteiger partial charge is 4.00 e. The summed E-state index contributed by atoms with van der Waals surface area (Å²) in [6.45, 7) is 1.98. The summed E-state index contributed by atoms with van der Waals surface area (Å²) in [7, 11) is 5.98. The fourth-order valence-corrected chi connectivity index (χ4v) is 4.66. The van der Waals surface area contributed by atoms with Crippen LogP contribution in [-0.4, -0.2) is 35.6 Å². The van der Waals surface area contributed by atoms with Crippen LogP contribution in [0.2, 0.25) is 0 Å². The van der Waals surface area contributed by atoms with Crippen molar-refractivity contribution in [2.75, 3.05) is 30.9 Å². The van der Waals surface area contributed by atoms with Crippen LogP contribution >= 0.6 is 0 Å². The Balaban J connectivity index is 0.000000559. The molecule has 0 unspecified atom stereocenters. The van der Waals surface area contributed by atoms with Gasteiger partial charge in [0.15, 0.2) is 0 Å². The third-order valence-electron chi connectivity index (χ3n) is 7.04. The number of aromatic nitrogens is 2. The van der Waals surface area contributed by atoms with Gasteiger partial charge in [-0.15, -0.1) is 60.2 Å². The first-order valence-corrected chi connectivity index (χ1v) is 15.0. The fourth-order valence-electron chi connectivity index (χ4n) is 4.66. The maximum Gasteiger partial charge on any atom is 4.00 e. The van der Waals surface area contributed by atoms with Crippen LogP contribution in [0.3, 0.4) is 0 Å². The van der Waals surface area contributed by atoms with Gasteiger partial charge >= 0.3 is 21.1 Å². The van der Waals surface area contributed by atoms with Gasteiger partial charge < -0.3 is 40.1 Å². The minimum Gasteiger partial charge on any atom is -0.669 e. The van der Waals surface area contributed by atoms with E-state index in [2.05, 4.69) is 47.4 Å². The van der Waals surface area contributed by atoms with Gasteiger partial charge in [0, 0.05) is 70.6 Å². The topological polar surface area (TPSA) is 46.0 Å². The van der Waals surface area contributed by atoms with E-state index in [1.54, 1.807) is 23.2 Å². The molecule has 0 spiro atoms. The molecule has 7 nitrogen and oxygen atoms in total. The second-order valence-corrected chi connectivity index (χ2v) is 10.8. The summed E-state index contributed by atoms with van der Waals surface area (Å²) in [6.07, 6.45) is 15.7. The quantitative estimate of drug-likeness (QED) is 0.113. The second kappa shape index (κ2) is 18.1. The number of rotatable bonds is 8. The Hall–Kier alpha value is -5.01. The summed E-state index contributed by atoms with van der Waals surface area (Å²) in [5.41, 5.74) is 5.10. The van der Waals surface area contributed by atoms with Crippen molar-refractivity contribution in [3.63, 3.8) is 0 Å². The van der Waals surface area contributed by atoms with Crippen LogP contribution < -0.4 is 19.3 Å². The van der Waals surface area contributed by atoms with E-state index in [-0.39, 0.29) is 42.1 Å². The minimum atomic E-state index is 0. The Labute approximate surface area is 323 Å². The molecule has 7 rings (SSSR count). The van der Waals surface area contributed by atoms with Crippen molar-refractivity contribution < 1.29 is 51.6 Å². The summed E-state index contributed by atoms with van der Waals surface area (Å²) < 4.78 is 13.7. The number of ether oxygens (including phenoxy) is 2. The predicted octanol–water partition coefficient (Wildman–Crippen LogP) is 8.29. The van der Waals surface area contributed by atoms with Crippen molar-refractivity contribution in [2.45, 2.75) is 0 Å². The number of hydrogen-bond donors (Lipinski definition) is 0. The number of pyridine rings is 1. The Bertz CT molecular complexity index is 2040. The zero-order valence-electron chi connectivity index (χ0n) is 27.3. The van der Waals surface area contributed by atoms with E-state index in [0.29, 0.717) is 23.0 Å². The molecule has 0 atom stereocenters. The molecule has 0 N–H and O–H groups in total. The molecule has 2 aromatic heterocycles. The van der Waals surface area contributed by atoms with Gasteiger partial charge in [0.2, 0.25) is 0 Å². The van der Waals surface area contributed by atoms with Crippen molar-refractivity contribution >= 4 is 11.4 Å². The van der Waals surface area contributed by atoms with Crippen LogP contribution in [-0.2, 0) is 42.1 Å². The van der Waals surface area contributed by atoms with Gasteiger partial charge in [0.05, 0.1) is 0 Å². The summed E-state index contributed by atoms with van der Waals surface area (Å²) in [6, 6.07) is 47.2. The maximum atomic E-state index is 6.57. The molecule has 50 heavy (non-hydrogen) atoms. The summed E-state index contributed by atoms with van der Waals surface area (Å²) in [5, 5.41) is 0. The summed E-state index contributed by atoms with van der Waals surface area (Å²) in [5.74, 6) is 2.39. The average Bonchev–Trinajstić information content (AvgIpc) is 3.81. The molecule has 254 valence electrons. The van der Waals surface area contributed by atoms with Gasteiger partial charge in [0.25, 0.3) is 0 Å². The van der Waals surface area contributed by atoms with E-state index in [9.17, 15) is 0 Å². The number of anilines is 2. The van der Waals surface area contributed by atoms with Crippen LogP contribution in [0, 0.1) is 49.5 Å². The molecule has 0 radical (unpaired) electrons. The minimum absolute atomic E-state index is 0. The summed E-state index contributed by atoms with van der Waals surface area (Å²) >= 11 is 0. The Kier molecular flexibility index (Phi) is 13.7. The molecule has 1 aliphatic rings. The van der Waals surface area contributed by atoms with Gasteiger partial charge in [-0.05, 0) is 31.6 Å². The van der Waals surface area contributed by atoms with E-state index < -0.39 is 0 Å². The van der Waals surface area contributed by atoms with E-state index in [1.165, 1.54) is 0 Å². The van der Waals surface area contributed by atoms with Crippen molar-refractivity contribution in [2.24, 2.45) is 0 Å². The number of para-hydroxylation sites is 1. The molecular formula is C41H30N5O2Pt2-3. The van der Waals surface area contributed by atoms with Crippen LogP contribution in [0.15, 0.2) is 122 Å². The molecule has 1 aliphatic heterocycles.